The summed E-state index contributed by atoms with van der Waals surface area (Å²) in [5, 5.41) is 5.57. The van der Waals surface area contributed by atoms with Gasteiger partial charge in [-0.15, -0.1) is 0 Å². The molecular formula is C20H19Cl2F2N3O3. The lowest BCUT2D eigenvalue weighted by molar-refractivity contribution is -0.133. The van der Waals surface area contributed by atoms with Gasteiger partial charge in [0.25, 0.3) is 5.91 Å². The van der Waals surface area contributed by atoms with Gasteiger partial charge in [0.15, 0.2) is 0 Å². The van der Waals surface area contributed by atoms with E-state index in [0.29, 0.717) is 6.07 Å². The van der Waals surface area contributed by atoms with Crippen molar-refractivity contribution in [3.8, 4) is 0 Å². The number of likely N-dealkylation sites (N-methyl/N-ethyl adjacent to an activating group) is 1. The number of hydrogen-bond acceptors (Lipinski definition) is 3. The summed E-state index contributed by atoms with van der Waals surface area (Å²) in [5.41, 5.74) is -0.0165. The molecule has 10 heteroatoms. The van der Waals surface area contributed by atoms with Crippen molar-refractivity contribution in [1.29, 1.82) is 0 Å². The van der Waals surface area contributed by atoms with Crippen LogP contribution < -0.4 is 10.6 Å². The van der Waals surface area contributed by atoms with Crippen molar-refractivity contribution in [2.45, 2.75) is 12.8 Å². The fourth-order valence-electron chi connectivity index (χ4n) is 2.50. The number of nitrogens with one attached hydrogen (secondary N) is 2. The van der Waals surface area contributed by atoms with E-state index < -0.39 is 23.4 Å². The summed E-state index contributed by atoms with van der Waals surface area (Å²) in [6, 6.07) is 7.43. The molecule has 0 radical (unpaired) electrons. The van der Waals surface area contributed by atoms with Gasteiger partial charge in [-0.25, -0.2) is 8.78 Å². The maximum Gasteiger partial charge on any atom is 0.254 e. The van der Waals surface area contributed by atoms with Gasteiger partial charge in [-0.2, -0.15) is 0 Å². The minimum atomic E-state index is -0.965. The van der Waals surface area contributed by atoms with Crippen LogP contribution in [0.15, 0.2) is 36.4 Å². The number of halogens is 4. The Morgan fingerprint density at radius 1 is 1.07 bits per heavy atom. The second-order valence-corrected chi connectivity index (χ2v) is 7.19. The fourth-order valence-corrected chi connectivity index (χ4v) is 2.99. The SMILES string of the molecule is CN(CC(=O)Nc1c(Cl)cccc1Cl)C(=O)CCCNC(=O)c1ccc(F)cc1F. The smallest absolute Gasteiger partial charge is 0.254 e. The molecule has 2 rings (SSSR count). The molecule has 2 aromatic carbocycles. The molecule has 0 bridgehead atoms. The zero-order valence-electron chi connectivity index (χ0n) is 16.0. The number of hydrogen-bond donors (Lipinski definition) is 2. The molecule has 0 saturated heterocycles. The van der Waals surface area contributed by atoms with Crippen LogP contribution in [0.25, 0.3) is 0 Å². The Hall–Kier alpha value is -2.71. The highest BCUT2D eigenvalue weighted by Gasteiger charge is 2.16. The van der Waals surface area contributed by atoms with Gasteiger partial charge in [0.05, 0.1) is 27.8 Å². The number of amides is 3. The van der Waals surface area contributed by atoms with Gasteiger partial charge in [0, 0.05) is 26.1 Å². The molecule has 6 nitrogen and oxygen atoms in total. The zero-order chi connectivity index (χ0) is 22.3. The summed E-state index contributed by atoms with van der Waals surface area (Å²) in [5.74, 6) is -3.24. The van der Waals surface area contributed by atoms with E-state index in [2.05, 4.69) is 10.6 Å². The predicted molar refractivity (Wildman–Crippen MR) is 111 cm³/mol. The van der Waals surface area contributed by atoms with Crippen LogP contribution >= 0.6 is 23.2 Å². The summed E-state index contributed by atoms with van der Waals surface area (Å²) in [4.78, 5) is 37.4. The van der Waals surface area contributed by atoms with E-state index in [0.717, 1.165) is 12.1 Å². The minimum absolute atomic E-state index is 0.0583. The summed E-state index contributed by atoms with van der Waals surface area (Å²) in [6.07, 6.45) is 0.332. The Morgan fingerprint density at radius 2 is 1.73 bits per heavy atom. The van der Waals surface area contributed by atoms with Crippen molar-refractivity contribution in [2.75, 3.05) is 25.5 Å². The lowest BCUT2D eigenvalue weighted by Gasteiger charge is -2.17. The van der Waals surface area contributed by atoms with Crippen molar-refractivity contribution in [1.82, 2.24) is 10.2 Å². The van der Waals surface area contributed by atoms with Gasteiger partial charge in [-0.3, -0.25) is 14.4 Å². The highest BCUT2D eigenvalue weighted by atomic mass is 35.5. The first kappa shape index (κ1) is 23.6. The third kappa shape index (κ3) is 6.67. The average Bonchev–Trinajstić information content (AvgIpc) is 2.67. The van der Waals surface area contributed by atoms with Crippen LogP contribution in [0, 0.1) is 11.6 Å². The van der Waals surface area contributed by atoms with Gasteiger partial charge in [-0.1, -0.05) is 29.3 Å². The largest absolute Gasteiger partial charge is 0.352 e. The van der Waals surface area contributed by atoms with Crippen LogP contribution in [0.4, 0.5) is 14.5 Å². The van der Waals surface area contributed by atoms with E-state index in [4.69, 9.17) is 23.2 Å². The van der Waals surface area contributed by atoms with Crippen LogP contribution in [0.3, 0.4) is 0 Å². The highest BCUT2D eigenvalue weighted by molar-refractivity contribution is 6.39. The van der Waals surface area contributed by atoms with E-state index in [9.17, 15) is 23.2 Å². The zero-order valence-corrected chi connectivity index (χ0v) is 17.5. The first-order valence-electron chi connectivity index (χ1n) is 8.90. The molecular weight excluding hydrogens is 439 g/mol. The average molecular weight is 458 g/mol. The van der Waals surface area contributed by atoms with Gasteiger partial charge in [-0.05, 0) is 30.7 Å². The van der Waals surface area contributed by atoms with Crippen LogP contribution in [0.1, 0.15) is 23.2 Å². The highest BCUT2D eigenvalue weighted by Crippen LogP contribution is 2.29. The number of para-hydroxylation sites is 1. The molecule has 0 saturated carbocycles. The first-order valence-corrected chi connectivity index (χ1v) is 9.65. The molecule has 0 aromatic heterocycles. The van der Waals surface area contributed by atoms with E-state index in [1.165, 1.54) is 11.9 Å². The molecule has 0 heterocycles. The minimum Gasteiger partial charge on any atom is -0.352 e. The Kier molecular flexibility index (Phi) is 8.56. The molecule has 3 amide bonds. The van der Waals surface area contributed by atoms with Crippen molar-refractivity contribution in [3.63, 3.8) is 0 Å². The molecule has 2 aromatic rings. The lowest BCUT2D eigenvalue weighted by Crippen LogP contribution is -2.35. The second-order valence-electron chi connectivity index (χ2n) is 6.38. The molecule has 2 N–H and O–H groups in total. The number of benzene rings is 2. The lowest BCUT2D eigenvalue weighted by atomic mass is 10.2. The first-order chi connectivity index (χ1) is 14.2. The molecule has 0 atom stereocenters. The third-order valence-electron chi connectivity index (χ3n) is 4.06. The standard InChI is InChI=1S/C20H19Cl2F2N3O3/c1-27(11-17(28)26-19-14(21)4-2-5-15(19)22)18(29)6-3-9-25-20(30)13-8-7-12(23)10-16(13)24/h2,4-5,7-8,10H,3,6,9,11H2,1H3,(H,25,30)(H,26,28). The molecule has 0 unspecified atom stereocenters. The number of rotatable bonds is 8. The van der Waals surface area contributed by atoms with E-state index >= 15 is 0 Å². The fraction of sp³-hybridized carbons (Fsp3) is 0.250. The molecule has 0 aliphatic rings. The Balaban J connectivity index is 1.75. The maximum atomic E-state index is 13.6. The third-order valence-corrected chi connectivity index (χ3v) is 4.69. The van der Waals surface area contributed by atoms with Crippen LogP contribution in [-0.2, 0) is 9.59 Å². The summed E-state index contributed by atoms with van der Waals surface area (Å²) < 4.78 is 26.4. The Labute approximate surface area is 182 Å². The van der Waals surface area contributed by atoms with Gasteiger partial charge in [0.2, 0.25) is 11.8 Å². The quantitative estimate of drug-likeness (QED) is 0.590. The summed E-state index contributed by atoms with van der Waals surface area (Å²) in [6.45, 7) is -0.107. The van der Waals surface area contributed by atoms with E-state index in [-0.39, 0.29) is 53.1 Å². The Bertz CT molecular complexity index is 937. The number of carbonyl (C=O) groups is 3. The van der Waals surface area contributed by atoms with Gasteiger partial charge >= 0.3 is 0 Å². The molecule has 30 heavy (non-hydrogen) atoms. The number of anilines is 1. The van der Waals surface area contributed by atoms with Crippen LogP contribution in [0.2, 0.25) is 10.0 Å². The molecule has 0 aliphatic heterocycles. The maximum absolute atomic E-state index is 13.6. The van der Waals surface area contributed by atoms with E-state index in [1.807, 2.05) is 0 Å². The molecule has 160 valence electrons. The topological polar surface area (TPSA) is 78.5 Å². The van der Waals surface area contributed by atoms with Crippen LogP contribution in [0.5, 0.6) is 0 Å². The van der Waals surface area contributed by atoms with Gasteiger partial charge < -0.3 is 15.5 Å². The van der Waals surface area contributed by atoms with Crippen LogP contribution in [-0.4, -0.2) is 42.8 Å². The number of nitrogens with zero attached hydrogens (tertiary/aromatic N) is 1. The van der Waals surface area contributed by atoms with E-state index in [1.54, 1.807) is 18.2 Å². The van der Waals surface area contributed by atoms with Crippen molar-refractivity contribution in [2.24, 2.45) is 0 Å². The van der Waals surface area contributed by atoms with Crippen molar-refractivity contribution in [3.05, 3.63) is 63.6 Å². The molecule has 0 spiro atoms. The monoisotopic (exact) mass is 457 g/mol. The summed E-state index contributed by atoms with van der Waals surface area (Å²) in [7, 11) is 1.46. The Morgan fingerprint density at radius 3 is 2.37 bits per heavy atom. The molecule has 0 aliphatic carbocycles. The number of carbonyl (C=O) groups excluding carboxylic acids is 3. The van der Waals surface area contributed by atoms with Gasteiger partial charge in [0.1, 0.15) is 11.6 Å². The summed E-state index contributed by atoms with van der Waals surface area (Å²) >= 11 is 12.0. The predicted octanol–water partition coefficient (Wildman–Crippen LogP) is 3.88. The van der Waals surface area contributed by atoms with Crippen molar-refractivity contribution < 1.29 is 23.2 Å². The van der Waals surface area contributed by atoms with Crippen molar-refractivity contribution >= 4 is 46.6 Å². The molecule has 0 fully saturated rings. The second kappa shape index (κ2) is 10.9. The normalized spacial score (nSPS) is 10.4.